The smallest absolute Gasteiger partial charge is 0.242 e. The van der Waals surface area contributed by atoms with Crippen LogP contribution in [0.3, 0.4) is 0 Å². The molecular formula is C21H27N3O3S. The summed E-state index contributed by atoms with van der Waals surface area (Å²) in [7, 11) is -2.01. The van der Waals surface area contributed by atoms with Gasteiger partial charge in [0.2, 0.25) is 10.0 Å². The van der Waals surface area contributed by atoms with Crippen molar-refractivity contribution < 1.29 is 13.2 Å². The van der Waals surface area contributed by atoms with Crippen molar-refractivity contribution in [3.8, 4) is 0 Å². The number of nitrogens with zero attached hydrogens (tertiary/aromatic N) is 1. The summed E-state index contributed by atoms with van der Waals surface area (Å²) in [5, 5.41) is 0. The topological polar surface area (TPSA) is 78.5 Å². The van der Waals surface area contributed by atoms with Crippen LogP contribution in [0.1, 0.15) is 48.1 Å². The van der Waals surface area contributed by atoms with Crippen LogP contribution in [0.4, 0.5) is 0 Å². The fraction of sp³-hybridized carbons (Fsp3) is 0.381. The van der Waals surface area contributed by atoms with E-state index in [9.17, 15) is 13.2 Å². The van der Waals surface area contributed by atoms with Crippen LogP contribution in [0, 0.1) is 0 Å². The van der Waals surface area contributed by atoms with Gasteiger partial charge < -0.3 is 0 Å². The van der Waals surface area contributed by atoms with E-state index in [1.54, 1.807) is 19.2 Å². The number of hydrazine groups is 1. The maximum absolute atomic E-state index is 12.8. The number of rotatable bonds is 8. The van der Waals surface area contributed by atoms with E-state index in [-0.39, 0.29) is 16.7 Å². The zero-order chi connectivity index (χ0) is 20.1. The summed E-state index contributed by atoms with van der Waals surface area (Å²) in [6.45, 7) is 1.86. The van der Waals surface area contributed by atoms with Gasteiger partial charge in [0.15, 0.2) is 5.78 Å². The Hall–Kier alpha value is -2.06. The molecule has 2 N–H and O–H groups in total. The largest absolute Gasteiger partial charge is 0.295 e. The fourth-order valence-electron chi connectivity index (χ4n) is 3.45. The van der Waals surface area contributed by atoms with Crippen molar-refractivity contribution in [2.24, 2.45) is 0 Å². The molecule has 0 aliphatic carbocycles. The van der Waals surface area contributed by atoms with E-state index in [1.165, 1.54) is 28.9 Å². The maximum Gasteiger partial charge on any atom is 0.242 e. The fourth-order valence-corrected chi connectivity index (χ4v) is 4.71. The summed E-state index contributed by atoms with van der Waals surface area (Å²) in [5.74, 6) is -0.146. The first-order chi connectivity index (χ1) is 13.4. The van der Waals surface area contributed by atoms with Crippen LogP contribution in [0.25, 0.3) is 0 Å². The number of nitrogens with one attached hydrogen (secondary N) is 2. The van der Waals surface area contributed by atoms with Gasteiger partial charge in [-0.25, -0.2) is 12.7 Å². The van der Waals surface area contributed by atoms with E-state index in [0.717, 1.165) is 19.3 Å². The highest BCUT2D eigenvalue weighted by Gasteiger charge is 2.26. The van der Waals surface area contributed by atoms with Gasteiger partial charge in [-0.3, -0.25) is 15.6 Å². The zero-order valence-electron chi connectivity index (χ0n) is 16.3. The number of carbonyl (C=O) groups excluding carboxylic acids is 1. The average molecular weight is 402 g/mol. The Morgan fingerprint density at radius 2 is 1.86 bits per heavy atom. The molecule has 2 aromatic carbocycles. The molecule has 2 aromatic rings. The second-order valence-corrected chi connectivity index (χ2v) is 9.28. The minimum Gasteiger partial charge on any atom is -0.295 e. The summed E-state index contributed by atoms with van der Waals surface area (Å²) in [5.41, 5.74) is 8.29. The SMILES string of the molecule is CC(=O)c1cccc(S(=O)(=O)N(C)CCCC2CC(c3ccccc3)NN2)c1. The molecular weight excluding hydrogens is 374 g/mol. The number of hydrogen-bond donors (Lipinski definition) is 2. The normalized spacial score (nSPS) is 19.8. The molecule has 150 valence electrons. The van der Waals surface area contributed by atoms with Crippen molar-refractivity contribution in [3.05, 3.63) is 65.7 Å². The molecule has 6 nitrogen and oxygen atoms in total. The Bertz CT molecular complexity index is 916. The lowest BCUT2D eigenvalue weighted by atomic mass is 10.00. The third kappa shape index (κ3) is 4.86. The van der Waals surface area contributed by atoms with E-state index >= 15 is 0 Å². The number of carbonyl (C=O) groups is 1. The van der Waals surface area contributed by atoms with Crippen LogP contribution in [0.2, 0.25) is 0 Å². The standard InChI is InChI=1S/C21H27N3O3S/c1-16(25)18-10-6-12-20(14-18)28(26,27)24(2)13-7-11-19-15-21(23-22-19)17-8-4-3-5-9-17/h3-6,8-10,12,14,19,21-23H,7,11,13,15H2,1-2H3. The van der Waals surface area contributed by atoms with Gasteiger partial charge in [0, 0.05) is 31.2 Å². The highest BCUT2D eigenvalue weighted by Crippen LogP contribution is 2.24. The Kier molecular flexibility index (Phi) is 6.61. The van der Waals surface area contributed by atoms with Gasteiger partial charge in [-0.2, -0.15) is 0 Å². The van der Waals surface area contributed by atoms with Crippen molar-refractivity contribution in [3.63, 3.8) is 0 Å². The summed E-state index contributed by atoms with van der Waals surface area (Å²) < 4.78 is 26.9. The molecule has 0 spiro atoms. The Morgan fingerprint density at radius 1 is 1.11 bits per heavy atom. The van der Waals surface area contributed by atoms with Gasteiger partial charge in [0.05, 0.1) is 4.90 Å². The molecule has 0 radical (unpaired) electrons. The lowest BCUT2D eigenvalue weighted by molar-refractivity contribution is 0.101. The van der Waals surface area contributed by atoms with Crippen LogP contribution in [0.5, 0.6) is 0 Å². The Morgan fingerprint density at radius 3 is 2.57 bits per heavy atom. The number of benzene rings is 2. The van der Waals surface area contributed by atoms with Crippen LogP contribution < -0.4 is 10.9 Å². The quantitative estimate of drug-likeness (QED) is 0.665. The van der Waals surface area contributed by atoms with Crippen LogP contribution in [-0.2, 0) is 10.0 Å². The third-order valence-corrected chi connectivity index (χ3v) is 7.01. The van der Waals surface area contributed by atoms with E-state index < -0.39 is 10.0 Å². The second kappa shape index (κ2) is 8.96. The number of hydrogen-bond acceptors (Lipinski definition) is 5. The van der Waals surface area contributed by atoms with E-state index in [4.69, 9.17) is 0 Å². The van der Waals surface area contributed by atoms with Gasteiger partial charge in [0.1, 0.15) is 0 Å². The number of ketones is 1. The molecule has 0 aromatic heterocycles. The first-order valence-corrected chi connectivity index (χ1v) is 11.0. The second-order valence-electron chi connectivity index (χ2n) is 7.24. The van der Waals surface area contributed by atoms with Gasteiger partial charge in [-0.1, -0.05) is 42.5 Å². The van der Waals surface area contributed by atoms with E-state index in [1.807, 2.05) is 18.2 Å². The molecule has 1 aliphatic heterocycles. The van der Waals surface area contributed by atoms with Crippen molar-refractivity contribution in [1.82, 2.24) is 15.2 Å². The Balaban J connectivity index is 1.52. The molecule has 2 unspecified atom stereocenters. The molecule has 1 fully saturated rings. The monoisotopic (exact) mass is 401 g/mol. The lowest BCUT2D eigenvalue weighted by Gasteiger charge is -2.18. The van der Waals surface area contributed by atoms with Crippen molar-refractivity contribution in [2.45, 2.75) is 43.2 Å². The van der Waals surface area contributed by atoms with E-state index in [2.05, 4.69) is 23.0 Å². The number of Topliss-reactive ketones (excluding diaryl/α,β-unsaturated/α-hetero) is 1. The molecule has 0 saturated carbocycles. The minimum absolute atomic E-state index is 0.146. The summed E-state index contributed by atoms with van der Waals surface area (Å²) >= 11 is 0. The Labute approximate surface area is 167 Å². The predicted molar refractivity (Wildman–Crippen MR) is 109 cm³/mol. The van der Waals surface area contributed by atoms with Gasteiger partial charge in [-0.15, -0.1) is 0 Å². The van der Waals surface area contributed by atoms with Crippen molar-refractivity contribution in [2.75, 3.05) is 13.6 Å². The zero-order valence-corrected chi connectivity index (χ0v) is 17.1. The first-order valence-electron chi connectivity index (χ1n) is 9.51. The van der Waals surface area contributed by atoms with Crippen molar-refractivity contribution in [1.29, 1.82) is 0 Å². The molecule has 1 heterocycles. The molecule has 2 atom stereocenters. The highest BCUT2D eigenvalue weighted by molar-refractivity contribution is 7.89. The average Bonchev–Trinajstić information content (AvgIpc) is 3.17. The molecule has 7 heteroatoms. The molecule has 1 aliphatic rings. The van der Waals surface area contributed by atoms with Gasteiger partial charge in [-0.05, 0) is 43.9 Å². The van der Waals surface area contributed by atoms with E-state index in [0.29, 0.717) is 18.2 Å². The summed E-state index contributed by atoms with van der Waals surface area (Å²) in [6, 6.07) is 17.1. The molecule has 0 bridgehead atoms. The van der Waals surface area contributed by atoms with Crippen LogP contribution in [-0.4, -0.2) is 38.1 Å². The molecule has 0 amide bonds. The lowest BCUT2D eigenvalue weighted by Crippen LogP contribution is -2.32. The summed E-state index contributed by atoms with van der Waals surface area (Å²) in [4.78, 5) is 11.7. The molecule has 1 saturated heterocycles. The van der Waals surface area contributed by atoms with Crippen LogP contribution in [0.15, 0.2) is 59.5 Å². The maximum atomic E-state index is 12.8. The number of sulfonamides is 1. The van der Waals surface area contributed by atoms with Gasteiger partial charge >= 0.3 is 0 Å². The van der Waals surface area contributed by atoms with Gasteiger partial charge in [0.25, 0.3) is 0 Å². The highest BCUT2D eigenvalue weighted by atomic mass is 32.2. The third-order valence-electron chi connectivity index (χ3n) is 5.16. The predicted octanol–water partition coefficient (Wildman–Crippen LogP) is 2.90. The van der Waals surface area contributed by atoms with Crippen molar-refractivity contribution >= 4 is 15.8 Å². The molecule has 3 rings (SSSR count). The first kappa shape index (κ1) is 20.7. The minimum atomic E-state index is -3.60. The van der Waals surface area contributed by atoms with Crippen LogP contribution >= 0.6 is 0 Å². The molecule has 28 heavy (non-hydrogen) atoms. The summed E-state index contributed by atoms with van der Waals surface area (Å²) in [6.07, 6.45) is 2.60.